The van der Waals surface area contributed by atoms with Crippen molar-refractivity contribution in [2.24, 2.45) is 11.3 Å². The Morgan fingerprint density at radius 3 is 2.17 bits per heavy atom. The molecule has 0 fully saturated rings. The molecule has 1 aliphatic rings. The van der Waals surface area contributed by atoms with Crippen molar-refractivity contribution in [1.29, 1.82) is 0 Å². The van der Waals surface area contributed by atoms with E-state index in [1.54, 1.807) is 0 Å². The molecule has 0 radical (unpaired) electrons. The van der Waals surface area contributed by atoms with Gasteiger partial charge in [-0.25, -0.2) is 0 Å². The molecule has 1 heteroatoms. The summed E-state index contributed by atoms with van der Waals surface area (Å²) in [5.74, 6) is 0.728. The standard InChI is InChI=1S/C17H27N/c1-16(2,3)14-11-13-9-7-8-10-15(13)18(12-14)17(4,5)6/h7-10,14H,11-12H2,1-6H3. The van der Waals surface area contributed by atoms with Gasteiger partial charge < -0.3 is 4.90 Å². The molecule has 1 aromatic carbocycles. The fourth-order valence-corrected chi connectivity index (χ4v) is 2.81. The van der Waals surface area contributed by atoms with E-state index in [4.69, 9.17) is 0 Å². The van der Waals surface area contributed by atoms with Gasteiger partial charge in [0.05, 0.1) is 0 Å². The van der Waals surface area contributed by atoms with Crippen LogP contribution in [-0.2, 0) is 6.42 Å². The molecule has 1 unspecified atom stereocenters. The lowest BCUT2D eigenvalue weighted by Gasteiger charge is -2.47. The maximum Gasteiger partial charge on any atom is 0.0403 e. The van der Waals surface area contributed by atoms with E-state index in [1.165, 1.54) is 24.2 Å². The molecule has 0 spiro atoms. The van der Waals surface area contributed by atoms with E-state index < -0.39 is 0 Å². The summed E-state index contributed by atoms with van der Waals surface area (Å²) in [7, 11) is 0. The Morgan fingerprint density at radius 1 is 1.00 bits per heavy atom. The van der Waals surface area contributed by atoms with Crippen molar-refractivity contribution in [3.63, 3.8) is 0 Å². The molecule has 0 N–H and O–H groups in total. The molecule has 1 aliphatic heterocycles. The van der Waals surface area contributed by atoms with Crippen LogP contribution in [0.1, 0.15) is 47.1 Å². The van der Waals surface area contributed by atoms with Crippen molar-refractivity contribution in [1.82, 2.24) is 0 Å². The van der Waals surface area contributed by atoms with Crippen molar-refractivity contribution in [3.8, 4) is 0 Å². The molecule has 0 aliphatic carbocycles. The van der Waals surface area contributed by atoms with Crippen LogP contribution in [0.3, 0.4) is 0 Å². The summed E-state index contributed by atoms with van der Waals surface area (Å²) < 4.78 is 0. The van der Waals surface area contributed by atoms with Crippen molar-refractivity contribution >= 4 is 5.69 Å². The Hall–Kier alpha value is -0.980. The predicted molar refractivity (Wildman–Crippen MR) is 80.2 cm³/mol. The average Bonchev–Trinajstić information content (AvgIpc) is 2.25. The van der Waals surface area contributed by atoms with E-state index in [0.717, 1.165) is 5.92 Å². The summed E-state index contributed by atoms with van der Waals surface area (Å²) in [4.78, 5) is 2.59. The van der Waals surface area contributed by atoms with E-state index in [1.807, 2.05) is 0 Å². The summed E-state index contributed by atoms with van der Waals surface area (Å²) in [6, 6.07) is 8.91. The van der Waals surface area contributed by atoms with Crippen LogP contribution in [0.25, 0.3) is 0 Å². The number of benzene rings is 1. The van der Waals surface area contributed by atoms with Gasteiger partial charge in [0.15, 0.2) is 0 Å². The zero-order chi connectivity index (χ0) is 13.6. The zero-order valence-electron chi connectivity index (χ0n) is 12.7. The van der Waals surface area contributed by atoms with Crippen LogP contribution in [0.5, 0.6) is 0 Å². The van der Waals surface area contributed by atoms with Crippen molar-refractivity contribution in [2.75, 3.05) is 11.4 Å². The van der Waals surface area contributed by atoms with Crippen molar-refractivity contribution in [2.45, 2.75) is 53.5 Å². The monoisotopic (exact) mass is 245 g/mol. The first-order valence-corrected chi connectivity index (χ1v) is 7.05. The van der Waals surface area contributed by atoms with Gasteiger partial charge in [0.25, 0.3) is 0 Å². The normalized spacial score (nSPS) is 20.8. The van der Waals surface area contributed by atoms with E-state index in [0.29, 0.717) is 5.41 Å². The highest BCUT2D eigenvalue weighted by atomic mass is 15.2. The van der Waals surface area contributed by atoms with Crippen LogP contribution in [0.4, 0.5) is 5.69 Å². The molecule has 0 amide bonds. The summed E-state index contributed by atoms with van der Waals surface area (Å²) in [5.41, 5.74) is 3.51. The zero-order valence-corrected chi connectivity index (χ0v) is 12.7. The first-order valence-electron chi connectivity index (χ1n) is 7.05. The minimum absolute atomic E-state index is 0.194. The van der Waals surface area contributed by atoms with Gasteiger partial charge in [-0.3, -0.25) is 0 Å². The molecule has 2 rings (SSSR count). The molecule has 0 saturated heterocycles. The number of rotatable bonds is 0. The number of fused-ring (bicyclic) bond motifs is 1. The van der Waals surface area contributed by atoms with Gasteiger partial charge in [-0.2, -0.15) is 0 Å². The fraction of sp³-hybridized carbons (Fsp3) is 0.647. The maximum atomic E-state index is 2.59. The number of para-hydroxylation sites is 1. The van der Waals surface area contributed by atoms with Gasteiger partial charge >= 0.3 is 0 Å². The van der Waals surface area contributed by atoms with Crippen LogP contribution in [-0.4, -0.2) is 12.1 Å². The Morgan fingerprint density at radius 2 is 1.61 bits per heavy atom. The largest absolute Gasteiger partial charge is 0.366 e. The second-order valence-corrected chi connectivity index (χ2v) is 7.68. The summed E-state index contributed by atoms with van der Waals surface area (Å²) in [6.07, 6.45) is 1.21. The number of anilines is 1. The SMILES string of the molecule is CC(C)(C)C1Cc2ccccc2N(C(C)(C)C)C1. The molecule has 100 valence electrons. The Bertz CT molecular complexity index is 420. The van der Waals surface area contributed by atoms with Crippen LogP contribution in [0.15, 0.2) is 24.3 Å². The minimum Gasteiger partial charge on any atom is -0.366 e. The van der Waals surface area contributed by atoms with Crippen LogP contribution < -0.4 is 4.90 Å². The second kappa shape index (κ2) is 4.29. The van der Waals surface area contributed by atoms with Gasteiger partial charge in [0.2, 0.25) is 0 Å². The number of nitrogens with zero attached hydrogens (tertiary/aromatic N) is 1. The van der Waals surface area contributed by atoms with E-state index in [2.05, 4.69) is 70.7 Å². The van der Waals surface area contributed by atoms with Gasteiger partial charge in [0, 0.05) is 17.8 Å². The molecule has 0 aromatic heterocycles. The minimum atomic E-state index is 0.194. The molecule has 1 aromatic rings. The molecule has 0 saturated carbocycles. The van der Waals surface area contributed by atoms with Crippen LogP contribution in [0.2, 0.25) is 0 Å². The first-order chi connectivity index (χ1) is 8.19. The quantitative estimate of drug-likeness (QED) is 0.650. The molecular weight excluding hydrogens is 218 g/mol. The average molecular weight is 245 g/mol. The molecule has 1 nitrogen and oxygen atoms in total. The van der Waals surface area contributed by atoms with Crippen molar-refractivity contribution in [3.05, 3.63) is 29.8 Å². The molecule has 1 heterocycles. The van der Waals surface area contributed by atoms with Gasteiger partial charge in [-0.1, -0.05) is 39.0 Å². The highest BCUT2D eigenvalue weighted by molar-refractivity contribution is 5.57. The van der Waals surface area contributed by atoms with E-state index in [9.17, 15) is 0 Å². The van der Waals surface area contributed by atoms with Crippen LogP contribution in [0, 0.1) is 11.3 Å². The second-order valence-electron chi connectivity index (χ2n) is 7.68. The lowest BCUT2D eigenvalue weighted by molar-refractivity contribution is 0.223. The number of hydrogen-bond donors (Lipinski definition) is 0. The van der Waals surface area contributed by atoms with Crippen LogP contribution >= 0.6 is 0 Å². The van der Waals surface area contributed by atoms with Gasteiger partial charge in [0.1, 0.15) is 0 Å². The Balaban J connectivity index is 2.42. The lowest BCUT2D eigenvalue weighted by Crippen LogP contribution is -2.50. The number of hydrogen-bond acceptors (Lipinski definition) is 1. The molecule has 1 atom stereocenters. The highest BCUT2D eigenvalue weighted by Crippen LogP contribution is 2.40. The predicted octanol–water partition coefficient (Wildman–Crippen LogP) is 4.51. The Labute approximate surface area is 112 Å². The smallest absolute Gasteiger partial charge is 0.0403 e. The topological polar surface area (TPSA) is 3.24 Å². The first kappa shape index (κ1) is 13.5. The molecule has 18 heavy (non-hydrogen) atoms. The fourth-order valence-electron chi connectivity index (χ4n) is 2.81. The van der Waals surface area contributed by atoms with E-state index in [-0.39, 0.29) is 5.54 Å². The third-order valence-corrected chi connectivity index (χ3v) is 4.19. The van der Waals surface area contributed by atoms with Gasteiger partial charge in [-0.05, 0) is 50.2 Å². The van der Waals surface area contributed by atoms with Gasteiger partial charge in [-0.15, -0.1) is 0 Å². The molecular formula is C17H27N. The van der Waals surface area contributed by atoms with Crippen molar-refractivity contribution < 1.29 is 0 Å². The third-order valence-electron chi connectivity index (χ3n) is 4.19. The molecule has 0 bridgehead atoms. The Kier molecular flexibility index (Phi) is 3.21. The lowest BCUT2D eigenvalue weighted by atomic mass is 9.74. The highest BCUT2D eigenvalue weighted by Gasteiger charge is 2.35. The third kappa shape index (κ3) is 2.55. The summed E-state index contributed by atoms with van der Waals surface area (Å²) in [5, 5.41) is 0. The summed E-state index contributed by atoms with van der Waals surface area (Å²) >= 11 is 0. The summed E-state index contributed by atoms with van der Waals surface area (Å²) in [6.45, 7) is 15.2. The van der Waals surface area contributed by atoms with E-state index >= 15 is 0 Å². The maximum absolute atomic E-state index is 2.59.